The molecule has 2 aliphatic heterocycles. The third-order valence-electron chi connectivity index (χ3n) is 5.09. The van der Waals surface area contributed by atoms with Gasteiger partial charge in [-0.2, -0.15) is 0 Å². The highest BCUT2D eigenvalue weighted by Gasteiger charge is 2.43. The predicted molar refractivity (Wildman–Crippen MR) is 105 cm³/mol. The molecule has 2 aliphatic rings. The summed E-state index contributed by atoms with van der Waals surface area (Å²) in [6.07, 6.45) is 1.95. The van der Waals surface area contributed by atoms with Crippen molar-refractivity contribution in [2.45, 2.75) is 19.8 Å². The van der Waals surface area contributed by atoms with Crippen LogP contribution in [0.25, 0.3) is 5.57 Å². The zero-order chi connectivity index (χ0) is 19.1. The van der Waals surface area contributed by atoms with E-state index < -0.39 is 11.7 Å². The molecule has 0 bridgehead atoms. The molecule has 2 amide bonds. The van der Waals surface area contributed by atoms with Gasteiger partial charge in [-0.3, -0.25) is 9.59 Å². The Hall–Kier alpha value is -2.18. The third kappa shape index (κ3) is 3.17. The van der Waals surface area contributed by atoms with Gasteiger partial charge >= 0.3 is 0 Å². The molecule has 0 atom stereocenters. The van der Waals surface area contributed by atoms with Crippen LogP contribution in [-0.4, -0.2) is 29.8 Å². The van der Waals surface area contributed by atoms with E-state index in [0.717, 1.165) is 35.7 Å². The van der Waals surface area contributed by atoms with Gasteiger partial charge in [-0.05, 0) is 48.4 Å². The average Bonchev–Trinajstić information content (AvgIpc) is 3.25. The molecule has 0 radical (unpaired) electrons. The van der Waals surface area contributed by atoms with Crippen molar-refractivity contribution in [3.05, 3.63) is 57.1 Å². The van der Waals surface area contributed by atoms with Crippen molar-refractivity contribution < 1.29 is 14.0 Å². The summed E-state index contributed by atoms with van der Waals surface area (Å²) in [5.41, 5.74) is 1.14. The highest BCUT2D eigenvalue weighted by molar-refractivity contribution is 7.11. The molecule has 1 aromatic carbocycles. The highest BCUT2D eigenvalue weighted by atomic mass is 35.5. The monoisotopic (exact) mass is 404 g/mol. The Morgan fingerprint density at radius 3 is 2.52 bits per heavy atom. The Balaban J connectivity index is 1.78. The number of halogens is 2. The minimum atomic E-state index is -0.587. The lowest BCUT2D eigenvalue weighted by molar-refractivity contribution is -0.120. The molecule has 1 aromatic heterocycles. The molecule has 4 nitrogen and oxygen atoms in total. The van der Waals surface area contributed by atoms with E-state index >= 15 is 0 Å². The summed E-state index contributed by atoms with van der Waals surface area (Å²) in [5, 5.41) is 1.76. The van der Waals surface area contributed by atoms with Crippen LogP contribution in [0.15, 0.2) is 41.4 Å². The summed E-state index contributed by atoms with van der Waals surface area (Å²) in [4.78, 5) is 30.4. The van der Waals surface area contributed by atoms with Crippen molar-refractivity contribution in [1.82, 2.24) is 4.90 Å². The maximum atomic E-state index is 13.5. The van der Waals surface area contributed by atoms with E-state index in [-0.39, 0.29) is 16.6 Å². The Labute approximate surface area is 165 Å². The van der Waals surface area contributed by atoms with Gasteiger partial charge in [0.15, 0.2) is 0 Å². The standard InChI is InChI=1S/C20H18ClFN2O2S/c1-12-6-8-23(9-7-12)18-17(16-3-2-10-27-16)19(25)24(20(18)26)13-4-5-15(22)14(21)11-13/h2-5,10-12H,6-9H2,1H3. The van der Waals surface area contributed by atoms with Crippen molar-refractivity contribution in [1.29, 1.82) is 0 Å². The number of nitrogens with zero attached hydrogens (tertiary/aromatic N) is 2. The fourth-order valence-electron chi connectivity index (χ4n) is 3.55. The first-order chi connectivity index (χ1) is 13.0. The SMILES string of the molecule is CC1CCN(C2=C(c3cccs3)C(=O)N(c3ccc(F)c(Cl)c3)C2=O)CC1. The van der Waals surface area contributed by atoms with Gasteiger partial charge in [0.05, 0.1) is 16.3 Å². The zero-order valence-electron chi connectivity index (χ0n) is 14.7. The van der Waals surface area contributed by atoms with Gasteiger partial charge in [0.25, 0.3) is 11.8 Å². The number of hydrogen-bond donors (Lipinski definition) is 0. The van der Waals surface area contributed by atoms with Crippen molar-refractivity contribution in [2.24, 2.45) is 5.92 Å². The molecule has 1 saturated heterocycles. The van der Waals surface area contributed by atoms with Crippen LogP contribution in [0.2, 0.25) is 5.02 Å². The van der Waals surface area contributed by atoms with Crippen molar-refractivity contribution in [3.8, 4) is 0 Å². The van der Waals surface area contributed by atoms with Crippen LogP contribution in [0, 0.1) is 11.7 Å². The average molecular weight is 405 g/mol. The molecular weight excluding hydrogens is 387 g/mol. The Morgan fingerprint density at radius 1 is 1.15 bits per heavy atom. The molecule has 0 aliphatic carbocycles. The van der Waals surface area contributed by atoms with Crippen LogP contribution in [-0.2, 0) is 9.59 Å². The number of carbonyl (C=O) groups is 2. The lowest BCUT2D eigenvalue weighted by Crippen LogP contribution is -2.38. The summed E-state index contributed by atoms with van der Waals surface area (Å²) in [7, 11) is 0. The number of anilines is 1. The van der Waals surface area contributed by atoms with E-state index in [1.807, 2.05) is 22.4 Å². The van der Waals surface area contributed by atoms with Crippen molar-refractivity contribution >= 4 is 46.0 Å². The van der Waals surface area contributed by atoms with E-state index in [9.17, 15) is 14.0 Å². The smallest absolute Gasteiger partial charge is 0.282 e. The summed E-state index contributed by atoms with van der Waals surface area (Å²) < 4.78 is 13.5. The summed E-state index contributed by atoms with van der Waals surface area (Å²) in [5.74, 6) is -0.748. The zero-order valence-corrected chi connectivity index (χ0v) is 16.3. The molecular formula is C20H18ClFN2O2S. The summed E-state index contributed by atoms with van der Waals surface area (Å²) >= 11 is 7.31. The minimum Gasteiger partial charge on any atom is -0.366 e. The number of thiophene rings is 1. The number of imide groups is 1. The highest BCUT2D eigenvalue weighted by Crippen LogP contribution is 2.38. The second-order valence-corrected chi connectivity index (χ2v) is 8.27. The number of carbonyl (C=O) groups excluding carboxylic acids is 2. The fourth-order valence-corrected chi connectivity index (χ4v) is 4.48. The maximum Gasteiger partial charge on any atom is 0.282 e. The normalized spacial score (nSPS) is 18.8. The number of likely N-dealkylation sites (tertiary alicyclic amines) is 1. The Kier molecular flexibility index (Phi) is 4.78. The van der Waals surface area contributed by atoms with Crippen molar-refractivity contribution in [3.63, 3.8) is 0 Å². The number of rotatable bonds is 3. The second-order valence-electron chi connectivity index (χ2n) is 6.91. The molecule has 0 saturated carbocycles. The number of piperidine rings is 1. The molecule has 0 spiro atoms. The molecule has 4 rings (SSSR count). The Bertz CT molecular complexity index is 933. The van der Waals surface area contributed by atoms with E-state index in [1.165, 1.54) is 29.5 Å². The molecule has 2 aromatic rings. The first-order valence-electron chi connectivity index (χ1n) is 8.84. The second kappa shape index (κ2) is 7.09. The predicted octanol–water partition coefficient (Wildman–Crippen LogP) is 4.56. The molecule has 3 heterocycles. The van der Waals surface area contributed by atoms with Crippen LogP contribution in [0.3, 0.4) is 0 Å². The van der Waals surface area contributed by atoms with Crippen LogP contribution in [0.1, 0.15) is 24.6 Å². The van der Waals surface area contributed by atoms with E-state index in [1.54, 1.807) is 0 Å². The first kappa shape index (κ1) is 18.2. The van der Waals surface area contributed by atoms with Crippen LogP contribution >= 0.6 is 22.9 Å². The van der Waals surface area contributed by atoms with Gasteiger partial charge in [-0.1, -0.05) is 24.6 Å². The largest absolute Gasteiger partial charge is 0.366 e. The molecule has 140 valence electrons. The molecule has 27 heavy (non-hydrogen) atoms. The Morgan fingerprint density at radius 2 is 1.89 bits per heavy atom. The molecule has 1 fully saturated rings. The van der Waals surface area contributed by atoms with Gasteiger partial charge in [-0.25, -0.2) is 9.29 Å². The number of benzene rings is 1. The van der Waals surface area contributed by atoms with Crippen LogP contribution in [0.5, 0.6) is 0 Å². The van der Waals surface area contributed by atoms with Gasteiger partial charge in [-0.15, -0.1) is 11.3 Å². The van der Waals surface area contributed by atoms with Gasteiger partial charge in [0.2, 0.25) is 0 Å². The van der Waals surface area contributed by atoms with Gasteiger partial charge < -0.3 is 4.90 Å². The quantitative estimate of drug-likeness (QED) is 0.704. The summed E-state index contributed by atoms with van der Waals surface area (Å²) in [6, 6.07) is 7.60. The lowest BCUT2D eigenvalue weighted by Gasteiger charge is -2.32. The summed E-state index contributed by atoms with van der Waals surface area (Å²) in [6.45, 7) is 3.67. The van der Waals surface area contributed by atoms with Crippen LogP contribution < -0.4 is 4.90 Å². The van der Waals surface area contributed by atoms with Gasteiger partial charge in [0, 0.05) is 18.0 Å². The fraction of sp³-hybridized carbons (Fsp3) is 0.300. The lowest BCUT2D eigenvalue weighted by atomic mass is 9.98. The third-order valence-corrected chi connectivity index (χ3v) is 6.27. The number of hydrogen-bond acceptors (Lipinski definition) is 4. The van der Waals surface area contributed by atoms with E-state index in [4.69, 9.17) is 11.6 Å². The molecule has 0 N–H and O–H groups in total. The topological polar surface area (TPSA) is 40.6 Å². The first-order valence-corrected chi connectivity index (χ1v) is 10.1. The molecule has 0 unspecified atom stereocenters. The minimum absolute atomic E-state index is 0.119. The van der Waals surface area contributed by atoms with Crippen molar-refractivity contribution in [2.75, 3.05) is 18.0 Å². The maximum absolute atomic E-state index is 13.5. The van der Waals surface area contributed by atoms with Crippen LogP contribution in [0.4, 0.5) is 10.1 Å². The van der Waals surface area contributed by atoms with E-state index in [2.05, 4.69) is 6.92 Å². The molecule has 7 heteroatoms. The van der Waals surface area contributed by atoms with Gasteiger partial charge in [0.1, 0.15) is 11.5 Å². The van der Waals surface area contributed by atoms with E-state index in [0.29, 0.717) is 17.2 Å². The number of amides is 2.